The number of hydrogen-bond donors (Lipinski definition) is 0. The monoisotopic (exact) mass is 317 g/mol. The van der Waals surface area contributed by atoms with Crippen LogP contribution in [-0.2, 0) is 4.74 Å². The minimum atomic E-state index is -0.540. The summed E-state index contributed by atoms with van der Waals surface area (Å²) in [5, 5.41) is 0.459. The molecule has 0 spiro atoms. The van der Waals surface area contributed by atoms with Crippen molar-refractivity contribution in [2.75, 3.05) is 20.3 Å². The first kappa shape index (κ1) is 15.1. The molecule has 0 fully saturated rings. The molecule has 0 N–H and O–H groups in total. The van der Waals surface area contributed by atoms with Crippen LogP contribution in [0, 0.1) is 5.82 Å². The Morgan fingerprint density at radius 1 is 1.55 bits per heavy atom. The maximum atomic E-state index is 14.1. The fraction of sp³-hybridized carbons (Fsp3) is 0.357. The molecule has 20 heavy (non-hydrogen) atoms. The summed E-state index contributed by atoms with van der Waals surface area (Å²) in [6, 6.07) is 1.15. The Balaban J connectivity index is 2.41. The summed E-state index contributed by atoms with van der Waals surface area (Å²) in [4.78, 5) is 4.23. The third-order valence-corrected chi connectivity index (χ3v) is 3.86. The van der Waals surface area contributed by atoms with Crippen LogP contribution in [0.25, 0.3) is 0 Å². The Morgan fingerprint density at radius 2 is 2.30 bits per heavy atom. The molecule has 1 atom stereocenters. The van der Waals surface area contributed by atoms with E-state index in [-0.39, 0.29) is 23.3 Å². The van der Waals surface area contributed by atoms with Gasteiger partial charge in [0.25, 0.3) is 0 Å². The number of halogens is 3. The molecule has 6 heteroatoms. The van der Waals surface area contributed by atoms with Gasteiger partial charge in [-0.3, -0.25) is 4.99 Å². The van der Waals surface area contributed by atoms with Crippen LogP contribution in [0.3, 0.4) is 0 Å². The average molecular weight is 318 g/mol. The third-order valence-electron chi connectivity index (χ3n) is 3.06. The second-order valence-corrected chi connectivity index (χ2v) is 5.12. The zero-order chi connectivity index (χ0) is 14.7. The summed E-state index contributed by atoms with van der Waals surface area (Å²) in [5.41, 5.74) is 0.536. The van der Waals surface area contributed by atoms with Gasteiger partial charge in [0.2, 0.25) is 0 Å². The summed E-state index contributed by atoms with van der Waals surface area (Å²) in [7, 11) is 1.55. The lowest BCUT2D eigenvalue weighted by Gasteiger charge is -2.18. The van der Waals surface area contributed by atoms with Crippen molar-refractivity contribution in [3.05, 3.63) is 40.1 Å². The van der Waals surface area contributed by atoms with Gasteiger partial charge in [-0.25, -0.2) is 4.39 Å². The molecule has 1 aromatic rings. The molecular formula is C14H14Cl2FNO2. The van der Waals surface area contributed by atoms with Gasteiger partial charge in [0, 0.05) is 17.9 Å². The molecule has 1 unspecified atom stereocenters. The maximum absolute atomic E-state index is 14.1. The van der Waals surface area contributed by atoms with Crippen LogP contribution >= 0.6 is 23.2 Å². The highest BCUT2D eigenvalue weighted by Gasteiger charge is 2.29. The molecule has 0 radical (unpaired) electrons. The van der Waals surface area contributed by atoms with Crippen LogP contribution in [0.15, 0.2) is 23.7 Å². The predicted molar refractivity (Wildman–Crippen MR) is 78.8 cm³/mol. The fourth-order valence-electron chi connectivity index (χ4n) is 2.14. The van der Waals surface area contributed by atoms with Crippen molar-refractivity contribution in [1.29, 1.82) is 0 Å². The molecular weight excluding hydrogens is 304 g/mol. The second kappa shape index (κ2) is 6.46. The highest BCUT2D eigenvalue weighted by Crippen LogP contribution is 2.43. The largest absolute Gasteiger partial charge is 0.486 e. The summed E-state index contributed by atoms with van der Waals surface area (Å²) < 4.78 is 24.6. The number of nitrogens with zero attached hydrogens (tertiary/aromatic N) is 1. The first-order valence-corrected chi connectivity index (χ1v) is 6.82. The van der Waals surface area contributed by atoms with Crippen molar-refractivity contribution in [3.8, 4) is 5.75 Å². The van der Waals surface area contributed by atoms with Crippen LogP contribution in [0.5, 0.6) is 5.75 Å². The lowest BCUT2D eigenvalue weighted by Crippen LogP contribution is -2.08. The van der Waals surface area contributed by atoms with Crippen molar-refractivity contribution < 1.29 is 13.9 Å². The SMILES string of the molecule is C=CCOc1c(F)cc(Cl)c(Cl)c1C1CN=C(OC)C1. The smallest absolute Gasteiger partial charge is 0.183 e. The Morgan fingerprint density at radius 3 is 2.90 bits per heavy atom. The number of methoxy groups -OCH3 is 1. The van der Waals surface area contributed by atoms with E-state index in [1.807, 2.05) is 0 Å². The molecule has 0 aromatic heterocycles. The van der Waals surface area contributed by atoms with E-state index < -0.39 is 5.82 Å². The number of ether oxygens (including phenoxy) is 2. The van der Waals surface area contributed by atoms with Crippen molar-refractivity contribution in [2.24, 2.45) is 4.99 Å². The minimum Gasteiger partial charge on any atom is -0.486 e. The Hall–Kier alpha value is -1.26. The molecule has 0 bridgehead atoms. The van der Waals surface area contributed by atoms with Crippen LogP contribution < -0.4 is 4.74 Å². The fourth-order valence-corrected chi connectivity index (χ4v) is 2.64. The van der Waals surface area contributed by atoms with E-state index in [2.05, 4.69) is 11.6 Å². The van der Waals surface area contributed by atoms with Gasteiger partial charge in [0.1, 0.15) is 6.61 Å². The van der Waals surface area contributed by atoms with Crippen LogP contribution in [-0.4, -0.2) is 26.2 Å². The molecule has 1 aromatic carbocycles. The highest BCUT2D eigenvalue weighted by atomic mass is 35.5. The van der Waals surface area contributed by atoms with Gasteiger partial charge < -0.3 is 9.47 Å². The van der Waals surface area contributed by atoms with Gasteiger partial charge in [-0.2, -0.15) is 0 Å². The van der Waals surface area contributed by atoms with Crippen molar-refractivity contribution in [1.82, 2.24) is 0 Å². The van der Waals surface area contributed by atoms with E-state index in [1.54, 1.807) is 7.11 Å². The summed E-state index contributed by atoms with van der Waals surface area (Å²) >= 11 is 12.2. The Labute approximate surface area is 127 Å². The number of hydrogen-bond acceptors (Lipinski definition) is 3. The van der Waals surface area contributed by atoms with E-state index in [0.29, 0.717) is 29.4 Å². The van der Waals surface area contributed by atoms with E-state index in [1.165, 1.54) is 6.08 Å². The van der Waals surface area contributed by atoms with Gasteiger partial charge in [0.15, 0.2) is 17.5 Å². The number of rotatable bonds is 4. The topological polar surface area (TPSA) is 30.8 Å². The molecule has 2 rings (SSSR count). The standard InChI is InChI=1S/C14H14Cl2FNO2/c1-3-4-20-14-10(17)6-9(15)13(16)12(14)8-5-11(19-2)18-7-8/h3,6,8H,1,4-5,7H2,2H3. The van der Waals surface area contributed by atoms with E-state index in [9.17, 15) is 4.39 Å². The Kier molecular flexibility index (Phi) is 4.89. The summed E-state index contributed by atoms with van der Waals surface area (Å²) in [5.74, 6) is 0.0746. The summed E-state index contributed by atoms with van der Waals surface area (Å²) in [6.07, 6.45) is 2.08. The third kappa shape index (κ3) is 2.91. The van der Waals surface area contributed by atoms with Crippen LogP contribution in [0.1, 0.15) is 17.9 Å². The second-order valence-electron chi connectivity index (χ2n) is 4.34. The molecule has 0 aliphatic carbocycles. The van der Waals surface area contributed by atoms with Crippen molar-refractivity contribution in [2.45, 2.75) is 12.3 Å². The molecule has 1 heterocycles. The van der Waals surface area contributed by atoms with Gasteiger partial charge in [-0.15, -0.1) is 0 Å². The first-order valence-electron chi connectivity index (χ1n) is 6.06. The zero-order valence-corrected chi connectivity index (χ0v) is 12.5. The van der Waals surface area contributed by atoms with Crippen LogP contribution in [0.2, 0.25) is 10.0 Å². The Bertz CT molecular complexity index is 561. The highest BCUT2D eigenvalue weighted by molar-refractivity contribution is 6.42. The van der Waals surface area contributed by atoms with Gasteiger partial charge >= 0.3 is 0 Å². The van der Waals surface area contributed by atoms with E-state index in [4.69, 9.17) is 32.7 Å². The number of aliphatic imine (C=N–C) groups is 1. The lowest BCUT2D eigenvalue weighted by atomic mass is 9.96. The molecule has 0 saturated carbocycles. The van der Waals surface area contributed by atoms with Gasteiger partial charge in [0.05, 0.1) is 23.7 Å². The first-order chi connectivity index (χ1) is 9.58. The molecule has 3 nitrogen and oxygen atoms in total. The minimum absolute atomic E-state index is 0.106. The maximum Gasteiger partial charge on any atom is 0.183 e. The van der Waals surface area contributed by atoms with Crippen molar-refractivity contribution >= 4 is 29.1 Å². The van der Waals surface area contributed by atoms with E-state index >= 15 is 0 Å². The van der Waals surface area contributed by atoms with Gasteiger partial charge in [-0.05, 0) is 6.07 Å². The van der Waals surface area contributed by atoms with Gasteiger partial charge in [-0.1, -0.05) is 35.9 Å². The molecule has 108 valence electrons. The molecule has 1 aliphatic heterocycles. The zero-order valence-electron chi connectivity index (χ0n) is 11.0. The average Bonchev–Trinajstić information content (AvgIpc) is 2.89. The van der Waals surface area contributed by atoms with Crippen LogP contribution in [0.4, 0.5) is 4.39 Å². The quantitative estimate of drug-likeness (QED) is 0.614. The number of benzene rings is 1. The molecule has 0 amide bonds. The lowest BCUT2D eigenvalue weighted by molar-refractivity contribution is 0.335. The predicted octanol–water partition coefficient (Wildman–Crippen LogP) is 4.23. The summed E-state index contributed by atoms with van der Waals surface area (Å²) in [6.45, 7) is 4.20. The van der Waals surface area contributed by atoms with Crippen molar-refractivity contribution in [3.63, 3.8) is 0 Å². The van der Waals surface area contributed by atoms with E-state index in [0.717, 1.165) is 6.07 Å². The molecule has 0 saturated heterocycles. The molecule has 1 aliphatic rings. The normalized spacial score (nSPS) is 17.8.